The molecule has 0 bridgehead atoms. The first-order valence-corrected chi connectivity index (χ1v) is 13.2. The van der Waals surface area contributed by atoms with Gasteiger partial charge in [0.15, 0.2) is 0 Å². The summed E-state index contributed by atoms with van der Waals surface area (Å²) in [5.74, 6) is -0.863. The van der Waals surface area contributed by atoms with Gasteiger partial charge in [-0.05, 0) is 54.2 Å². The zero-order valence-electron chi connectivity index (χ0n) is 22.8. The lowest BCUT2D eigenvalue weighted by Crippen LogP contribution is -2.65. The fraction of sp³-hybridized carbons (Fsp3) is 0.633. The molecule has 1 aromatic rings. The SMILES string of the molecule is CC(=O)O[C@@H]1C=C[C@@]2(C)C(C[C@@H](OC(C)=O)[C@@]3(C)C4=CC(=O)O[C@@H](c5ccoc5)[C@]4(C)CCC23)C1(C)C. The van der Waals surface area contributed by atoms with Gasteiger partial charge in [0.05, 0.1) is 12.5 Å². The van der Waals surface area contributed by atoms with Crippen molar-refractivity contribution < 1.29 is 33.0 Å². The minimum Gasteiger partial charge on any atom is -0.472 e. The smallest absolute Gasteiger partial charge is 0.331 e. The van der Waals surface area contributed by atoms with Crippen molar-refractivity contribution in [1.82, 2.24) is 0 Å². The van der Waals surface area contributed by atoms with Crippen LogP contribution in [0, 0.1) is 33.5 Å². The van der Waals surface area contributed by atoms with E-state index in [0.29, 0.717) is 6.42 Å². The Bertz CT molecular complexity index is 1180. The number of esters is 3. The van der Waals surface area contributed by atoms with Crippen LogP contribution in [0.5, 0.6) is 0 Å². The number of hydrogen-bond acceptors (Lipinski definition) is 7. The monoisotopic (exact) mass is 510 g/mol. The minimum absolute atomic E-state index is 0.0851. The lowest BCUT2D eigenvalue weighted by atomic mass is 9.38. The molecule has 2 saturated carbocycles. The number of cyclic esters (lactones) is 1. The third kappa shape index (κ3) is 3.63. The molecule has 5 rings (SSSR count). The molecule has 0 aromatic carbocycles. The summed E-state index contributed by atoms with van der Waals surface area (Å²) in [6, 6.07) is 1.85. The summed E-state index contributed by atoms with van der Waals surface area (Å²) < 4.78 is 23.1. The van der Waals surface area contributed by atoms with E-state index in [-0.39, 0.29) is 46.7 Å². The van der Waals surface area contributed by atoms with Gasteiger partial charge in [-0.1, -0.05) is 40.7 Å². The van der Waals surface area contributed by atoms with Gasteiger partial charge >= 0.3 is 17.9 Å². The molecule has 0 N–H and O–H groups in total. The standard InChI is InChI=1S/C30H38O7/c1-17(31)35-23-9-12-28(5)20-8-11-29(6)22(15-25(33)37-26(29)19-10-13-34-16-19)30(20,7)24(36-18(2)32)14-21(28)27(23,3)4/h9-10,12-13,15-16,20-21,23-24,26H,8,11,14H2,1-7H3/t20?,21?,23-,24-,26+,28-,29-,30-/m1/s1. The number of hydrogen-bond donors (Lipinski definition) is 0. The summed E-state index contributed by atoms with van der Waals surface area (Å²) >= 11 is 0. The Hall–Kier alpha value is -2.83. The van der Waals surface area contributed by atoms with Crippen LogP contribution in [-0.2, 0) is 28.6 Å². The van der Waals surface area contributed by atoms with Gasteiger partial charge in [-0.25, -0.2) is 4.79 Å². The van der Waals surface area contributed by atoms with Crippen LogP contribution in [0.4, 0.5) is 0 Å². The molecule has 7 heteroatoms. The van der Waals surface area contributed by atoms with Crippen LogP contribution in [0.3, 0.4) is 0 Å². The average molecular weight is 511 g/mol. The Morgan fingerprint density at radius 1 is 1.03 bits per heavy atom. The van der Waals surface area contributed by atoms with Crippen molar-refractivity contribution in [3.63, 3.8) is 0 Å². The first-order valence-electron chi connectivity index (χ1n) is 13.2. The predicted octanol–water partition coefficient (Wildman–Crippen LogP) is 5.71. The lowest BCUT2D eigenvalue weighted by Gasteiger charge is -2.68. The van der Waals surface area contributed by atoms with Gasteiger partial charge < -0.3 is 18.6 Å². The van der Waals surface area contributed by atoms with E-state index in [2.05, 4.69) is 40.7 Å². The van der Waals surface area contributed by atoms with E-state index < -0.39 is 23.0 Å². The number of allylic oxidation sites excluding steroid dienone is 1. The van der Waals surface area contributed by atoms with E-state index in [9.17, 15) is 14.4 Å². The minimum atomic E-state index is -0.597. The molecule has 3 aliphatic carbocycles. The van der Waals surface area contributed by atoms with Crippen molar-refractivity contribution in [2.45, 2.75) is 86.0 Å². The number of carbonyl (C=O) groups excluding carboxylic acids is 3. The molecular formula is C30H38O7. The van der Waals surface area contributed by atoms with Crippen LogP contribution >= 0.6 is 0 Å². The van der Waals surface area contributed by atoms with Gasteiger partial charge in [0, 0.05) is 41.7 Å². The summed E-state index contributed by atoms with van der Waals surface area (Å²) in [5, 5.41) is 0. The number of ether oxygens (including phenoxy) is 3. The van der Waals surface area contributed by atoms with Crippen molar-refractivity contribution >= 4 is 17.9 Å². The molecule has 1 aliphatic heterocycles. The Morgan fingerprint density at radius 2 is 1.73 bits per heavy atom. The van der Waals surface area contributed by atoms with E-state index in [1.54, 1.807) is 18.6 Å². The van der Waals surface area contributed by atoms with Gasteiger partial charge in [-0.3, -0.25) is 9.59 Å². The van der Waals surface area contributed by atoms with Gasteiger partial charge in [0.1, 0.15) is 18.3 Å². The highest BCUT2D eigenvalue weighted by atomic mass is 16.6. The topological polar surface area (TPSA) is 92.0 Å². The summed E-state index contributed by atoms with van der Waals surface area (Å²) in [7, 11) is 0. The Labute approximate surface area is 218 Å². The molecule has 2 unspecified atom stereocenters. The van der Waals surface area contributed by atoms with Crippen molar-refractivity contribution in [2.75, 3.05) is 0 Å². The fourth-order valence-electron chi connectivity index (χ4n) is 8.66. The second kappa shape index (κ2) is 8.34. The first-order chi connectivity index (χ1) is 17.2. The third-order valence-corrected chi connectivity index (χ3v) is 10.3. The second-order valence-electron chi connectivity index (χ2n) is 12.7. The summed E-state index contributed by atoms with van der Waals surface area (Å²) in [6.45, 7) is 13.8. The fourth-order valence-corrected chi connectivity index (χ4v) is 8.66. The van der Waals surface area contributed by atoms with E-state index in [4.69, 9.17) is 18.6 Å². The molecule has 200 valence electrons. The number of rotatable bonds is 3. The van der Waals surface area contributed by atoms with Crippen LogP contribution in [0.25, 0.3) is 0 Å². The van der Waals surface area contributed by atoms with Crippen molar-refractivity contribution in [2.24, 2.45) is 33.5 Å². The van der Waals surface area contributed by atoms with E-state index >= 15 is 0 Å². The molecule has 2 heterocycles. The Kier molecular flexibility index (Phi) is 5.81. The Balaban J connectivity index is 1.66. The molecule has 1 aromatic heterocycles. The predicted molar refractivity (Wildman–Crippen MR) is 135 cm³/mol. The molecule has 0 radical (unpaired) electrons. The van der Waals surface area contributed by atoms with Crippen LogP contribution in [0.15, 0.2) is 46.8 Å². The molecule has 7 nitrogen and oxygen atoms in total. The van der Waals surface area contributed by atoms with E-state index in [1.807, 2.05) is 12.1 Å². The van der Waals surface area contributed by atoms with Gasteiger partial charge in [-0.2, -0.15) is 0 Å². The van der Waals surface area contributed by atoms with Gasteiger partial charge in [0.2, 0.25) is 0 Å². The second-order valence-corrected chi connectivity index (χ2v) is 12.7. The third-order valence-electron chi connectivity index (χ3n) is 10.3. The van der Waals surface area contributed by atoms with Crippen LogP contribution in [0.1, 0.15) is 79.4 Å². The molecule has 2 fully saturated rings. The van der Waals surface area contributed by atoms with Crippen LogP contribution in [0.2, 0.25) is 0 Å². The zero-order chi connectivity index (χ0) is 27.0. The number of fused-ring (bicyclic) bond motifs is 5. The molecule has 8 atom stereocenters. The summed E-state index contributed by atoms with van der Waals surface area (Å²) in [6.07, 6.45) is 10.1. The van der Waals surface area contributed by atoms with Crippen molar-refractivity contribution in [3.8, 4) is 0 Å². The summed E-state index contributed by atoms with van der Waals surface area (Å²) in [5.41, 5.74) is 0.0988. The number of furan rings is 1. The Morgan fingerprint density at radius 3 is 2.35 bits per heavy atom. The van der Waals surface area contributed by atoms with E-state index in [0.717, 1.165) is 24.0 Å². The molecule has 4 aliphatic rings. The van der Waals surface area contributed by atoms with Crippen molar-refractivity contribution in [3.05, 3.63) is 48.0 Å². The normalized spacial score (nSPS) is 41.9. The molecule has 0 amide bonds. The van der Waals surface area contributed by atoms with E-state index in [1.165, 1.54) is 13.8 Å². The van der Waals surface area contributed by atoms with Crippen LogP contribution < -0.4 is 0 Å². The van der Waals surface area contributed by atoms with Crippen LogP contribution in [-0.4, -0.2) is 30.1 Å². The highest BCUT2D eigenvalue weighted by Crippen LogP contribution is 2.72. The maximum absolute atomic E-state index is 13.0. The highest BCUT2D eigenvalue weighted by molar-refractivity contribution is 5.85. The zero-order valence-corrected chi connectivity index (χ0v) is 22.8. The average Bonchev–Trinajstić information content (AvgIpc) is 3.32. The first kappa shape index (κ1) is 25.8. The van der Waals surface area contributed by atoms with Gasteiger partial charge in [-0.15, -0.1) is 0 Å². The largest absolute Gasteiger partial charge is 0.472 e. The van der Waals surface area contributed by atoms with Gasteiger partial charge in [0.25, 0.3) is 0 Å². The molecular weight excluding hydrogens is 472 g/mol. The molecule has 37 heavy (non-hydrogen) atoms. The highest BCUT2D eigenvalue weighted by Gasteiger charge is 2.69. The maximum atomic E-state index is 13.0. The summed E-state index contributed by atoms with van der Waals surface area (Å²) in [4.78, 5) is 37.4. The maximum Gasteiger partial charge on any atom is 0.331 e. The quantitative estimate of drug-likeness (QED) is 0.292. The number of carbonyl (C=O) groups is 3. The lowest BCUT2D eigenvalue weighted by molar-refractivity contribution is -0.204. The molecule has 0 saturated heterocycles. The molecule has 0 spiro atoms. The van der Waals surface area contributed by atoms with Crippen molar-refractivity contribution in [1.29, 1.82) is 0 Å².